The number of ether oxygens (including phenoxy) is 2. The summed E-state index contributed by atoms with van der Waals surface area (Å²) in [5.74, 6) is -0.260. The molecule has 1 aromatic carbocycles. The predicted molar refractivity (Wildman–Crippen MR) is 103 cm³/mol. The molecule has 2 amide bonds. The van der Waals surface area contributed by atoms with Crippen molar-refractivity contribution < 1.29 is 19.1 Å². The van der Waals surface area contributed by atoms with Gasteiger partial charge in [-0.1, -0.05) is 6.07 Å². The molecule has 0 saturated heterocycles. The highest BCUT2D eigenvalue weighted by Crippen LogP contribution is 2.23. The molecule has 0 atom stereocenters. The molecule has 0 bridgehead atoms. The van der Waals surface area contributed by atoms with Gasteiger partial charge in [-0.25, -0.2) is 4.79 Å². The fraction of sp³-hybridized carbons (Fsp3) is 0.176. The van der Waals surface area contributed by atoms with E-state index >= 15 is 0 Å². The summed E-state index contributed by atoms with van der Waals surface area (Å²) < 4.78 is 10.7. The molecule has 0 aliphatic rings. The van der Waals surface area contributed by atoms with Gasteiger partial charge < -0.3 is 14.8 Å². The normalized spacial score (nSPS) is 10.6. The Hall–Kier alpha value is -2.16. The maximum atomic E-state index is 12.0. The molecule has 0 radical (unpaired) electrons. The van der Waals surface area contributed by atoms with Crippen molar-refractivity contribution in [3.8, 4) is 0 Å². The monoisotopic (exact) mass is 424 g/mol. The van der Waals surface area contributed by atoms with Crippen LogP contribution in [0.15, 0.2) is 46.3 Å². The fourth-order valence-corrected chi connectivity index (χ4v) is 3.13. The highest BCUT2D eigenvalue weighted by molar-refractivity contribution is 9.11. The molecule has 8 heteroatoms. The quantitative estimate of drug-likeness (QED) is 0.511. The molecule has 2 rings (SSSR count). The van der Waals surface area contributed by atoms with Gasteiger partial charge in [-0.3, -0.25) is 10.1 Å². The zero-order valence-corrected chi connectivity index (χ0v) is 15.9. The Balaban J connectivity index is 1.88. The molecular weight excluding hydrogens is 408 g/mol. The number of methoxy groups -OCH3 is 1. The van der Waals surface area contributed by atoms with Crippen LogP contribution in [0.4, 0.5) is 16.2 Å². The van der Waals surface area contributed by atoms with Crippen LogP contribution in [-0.4, -0.2) is 32.3 Å². The van der Waals surface area contributed by atoms with Crippen molar-refractivity contribution >= 4 is 56.7 Å². The van der Waals surface area contributed by atoms with E-state index in [2.05, 4.69) is 26.6 Å². The SMILES string of the molecule is COCCOC(=O)Nc1cccc(NC(=O)C=Cc2ccc(Br)s2)c1. The molecule has 25 heavy (non-hydrogen) atoms. The van der Waals surface area contributed by atoms with Crippen LogP contribution in [0.3, 0.4) is 0 Å². The maximum Gasteiger partial charge on any atom is 0.411 e. The highest BCUT2D eigenvalue weighted by Gasteiger charge is 2.05. The second kappa shape index (κ2) is 9.97. The second-order valence-corrected chi connectivity index (χ2v) is 7.29. The summed E-state index contributed by atoms with van der Waals surface area (Å²) in [5, 5.41) is 5.33. The zero-order valence-electron chi connectivity index (χ0n) is 13.5. The Morgan fingerprint density at radius 3 is 2.60 bits per heavy atom. The first-order chi connectivity index (χ1) is 12.1. The van der Waals surface area contributed by atoms with Crippen LogP contribution >= 0.6 is 27.3 Å². The number of carbonyl (C=O) groups is 2. The first-order valence-electron chi connectivity index (χ1n) is 7.34. The van der Waals surface area contributed by atoms with E-state index in [1.807, 2.05) is 12.1 Å². The first kappa shape index (κ1) is 19.2. The minimum atomic E-state index is -0.580. The van der Waals surface area contributed by atoms with Crippen LogP contribution in [0.1, 0.15) is 4.88 Å². The second-order valence-electron chi connectivity index (χ2n) is 4.80. The van der Waals surface area contributed by atoms with E-state index in [9.17, 15) is 9.59 Å². The summed E-state index contributed by atoms with van der Waals surface area (Å²) in [5.41, 5.74) is 1.09. The van der Waals surface area contributed by atoms with E-state index in [4.69, 9.17) is 9.47 Å². The van der Waals surface area contributed by atoms with Gasteiger partial charge in [0.1, 0.15) is 6.61 Å². The smallest absolute Gasteiger partial charge is 0.411 e. The number of hydrogen-bond donors (Lipinski definition) is 2. The van der Waals surface area contributed by atoms with Crippen molar-refractivity contribution in [3.05, 3.63) is 51.1 Å². The Bertz CT molecular complexity index is 761. The summed E-state index contributed by atoms with van der Waals surface area (Å²) in [7, 11) is 1.53. The number of benzene rings is 1. The maximum absolute atomic E-state index is 12.0. The number of halogens is 1. The highest BCUT2D eigenvalue weighted by atomic mass is 79.9. The van der Waals surface area contributed by atoms with Gasteiger partial charge in [0.25, 0.3) is 0 Å². The van der Waals surface area contributed by atoms with Crippen molar-refractivity contribution in [1.29, 1.82) is 0 Å². The predicted octanol–water partition coefficient (Wildman–Crippen LogP) is 4.36. The van der Waals surface area contributed by atoms with Gasteiger partial charge in [-0.15, -0.1) is 11.3 Å². The summed E-state index contributed by atoms with van der Waals surface area (Å²) in [6.45, 7) is 0.499. The molecule has 132 valence electrons. The van der Waals surface area contributed by atoms with Gasteiger partial charge in [0.2, 0.25) is 5.91 Å². The van der Waals surface area contributed by atoms with Gasteiger partial charge in [-0.2, -0.15) is 0 Å². The summed E-state index contributed by atoms with van der Waals surface area (Å²) in [6, 6.07) is 10.6. The van der Waals surface area contributed by atoms with Crippen molar-refractivity contribution in [1.82, 2.24) is 0 Å². The van der Waals surface area contributed by atoms with Gasteiger partial charge in [-0.05, 0) is 52.3 Å². The number of rotatable bonds is 7. The molecule has 1 heterocycles. The molecule has 0 saturated carbocycles. The Kier molecular flexibility index (Phi) is 7.65. The van der Waals surface area contributed by atoms with Crippen molar-refractivity contribution in [3.63, 3.8) is 0 Å². The minimum absolute atomic E-state index is 0.169. The van der Waals surface area contributed by atoms with Crippen LogP contribution < -0.4 is 10.6 Å². The van der Waals surface area contributed by atoms with Crippen LogP contribution in [-0.2, 0) is 14.3 Å². The summed E-state index contributed by atoms with van der Waals surface area (Å²) in [4.78, 5) is 24.5. The molecule has 1 aromatic heterocycles. The molecular formula is C17H17BrN2O4S. The molecule has 0 aliphatic heterocycles. The van der Waals surface area contributed by atoms with E-state index in [1.165, 1.54) is 24.5 Å². The molecule has 2 aromatic rings. The van der Waals surface area contributed by atoms with Gasteiger partial charge in [0, 0.05) is 29.4 Å². The Labute approximate surface area is 158 Å². The van der Waals surface area contributed by atoms with Crippen LogP contribution in [0.2, 0.25) is 0 Å². The third kappa shape index (κ3) is 7.08. The zero-order chi connectivity index (χ0) is 18.1. The van der Waals surface area contributed by atoms with E-state index in [0.29, 0.717) is 18.0 Å². The largest absolute Gasteiger partial charge is 0.447 e. The topological polar surface area (TPSA) is 76.7 Å². The molecule has 0 fully saturated rings. The summed E-state index contributed by atoms with van der Waals surface area (Å²) in [6.07, 6.45) is 2.61. The number of hydrogen-bond acceptors (Lipinski definition) is 5. The van der Waals surface area contributed by atoms with Gasteiger partial charge in [0.15, 0.2) is 0 Å². The molecule has 0 aliphatic carbocycles. The average Bonchev–Trinajstić information content (AvgIpc) is 2.99. The van der Waals surface area contributed by atoms with E-state index in [1.54, 1.807) is 30.3 Å². The van der Waals surface area contributed by atoms with Crippen LogP contribution in [0.25, 0.3) is 6.08 Å². The van der Waals surface area contributed by atoms with Gasteiger partial charge in [0.05, 0.1) is 10.4 Å². The number of anilines is 2. The Morgan fingerprint density at radius 2 is 1.92 bits per heavy atom. The van der Waals surface area contributed by atoms with Crippen molar-refractivity contribution in [2.75, 3.05) is 31.0 Å². The number of carbonyl (C=O) groups excluding carboxylic acids is 2. The van der Waals surface area contributed by atoms with E-state index < -0.39 is 6.09 Å². The van der Waals surface area contributed by atoms with Crippen molar-refractivity contribution in [2.45, 2.75) is 0 Å². The van der Waals surface area contributed by atoms with Gasteiger partial charge >= 0.3 is 6.09 Å². The molecule has 6 nitrogen and oxygen atoms in total. The fourth-order valence-electron chi connectivity index (χ4n) is 1.81. The molecule has 0 spiro atoms. The molecule has 2 N–H and O–H groups in total. The number of thiophene rings is 1. The number of amides is 2. The van der Waals surface area contributed by atoms with Crippen molar-refractivity contribution in [2.24, 2.45) is 0 Å². The lowest BCUT2D eigenvalue weighted by molar-refractivity contribution is -0.111. The average molecular weight is 425 g/mol. The van der Waals surface area contributed by atoms with Crippen LogP contribution in [0, 0.1) is 0 Å². The minimum Gasteiger partial charge on any atom is -0.447 e. The lowest BCUT2D eigenvalue weighted by Gasteiger charge is -2.08. The standard InChI is InChI=1S/C17H17BrN2O4S/c1-23-9-10-24-17(22)20-13-4-2-3-12(11-13)19-16(21)8-6-14-5-7-15(18)25-14/h2-8,11H,9-10H2,1H3,(H,19,21)(H,20,22). The number of nitrogens with one attached hydrogen (secondary N) is 2. The lowest BCUT2D eigenvalue weighted by atomic mass is 10.2. The van der Waals surface area contributed by atoms with Crippen LogP contribution in [0.5, 0.6) is 0 Å². The summed E-state index contributed by atoms with van der Waals surface area (Å²) >= 11 is 4.91. The Morgan fingerprint density at radius 1 is 1.16 bits per heavy atom. The third-order valence-corrected chi connectivity index (χ3v) is 4.48. The third-order valence-electron chi connectivity index (χ3n) is 2.89. The van der Waals surface area contributed by atoms with E-state index in [0.717, 1.165) is 8.66 Å². The lowest BCUT2D eigenvalue weighted by Crippen LogP contribution is -2.16. The first-order valence-corrected chi connectivity index (χ1v) is 8.95. The van der Waals surface area contributed by atoms with E-state index in [-0.39, 0.29) is 12.5 Å². The molecule has 0 unspecified atom stereocenters.